The minimum absolute atomic E-state index is 0.158. The molecule has 0 spiro atoms. The Kier molecular flexibility index (Phi) is 7.03. The highest BCUT2D eigenvalue weighted by Crippen LogP contribution is 2.35. The Morgan fingerprint density at radius 1 is 0.882 bits per heavy atom. The van der Waals surface area contributed by atoms with Crippen LogP contribution in [0.1, 0.15) is 31.1 Å². The molecule has 4 aromatic rings. The van der Waals surface area contributed by atoms with Crippen LogP contribution in [0.25, 0.3) is 21.5 Å². The van der Waals surface area contributed by atoms with Crippen molar-refractivity contribution in [3.05, 3.63) is 88.9 Å². The van der Waals surface area contributed by atoms with E-state index >= 15 is 0 Å². The summed E-state index contributed by atoms with van der Waals surface area (Å²) in [5, 5.41) is 4.07. The second-order valence-electron chi connectivity index (χ2n) is 7.97. The van der Waals surface area contributed by atoms with Crippen molar-refractivity contribution in [1.82, 2.24) is 0 Å². The zero-order valence-corrected chi connectivity index (χ0v) is 20.0. The number of esters is 2. The molecule has 4 aromatic carbocycles. The van der Waals surface area contributed by atoms with Crippen LogP contribution in [-0.2, 0) is 19.1 Å². The second kappa shape index (κ2) is 10.1. The largest absolute Gasteiger partial charge is 0.479 e. The van der Waals surface area contributed by atoms with Gasteiger partial charge in [0.25, 0.3) is 0 Å². The third kappa shape index (κ3) is 4.85. The maximum Gasteiger partial charge on any atom is 0.352 e. The lowest BCUT2D eigenvalue weighted by atomic mass is 9.93. The van der Waals surface area contributed by atoms with E-state index in [0.717, 1.165) is 27.1 Å². The molecule has 34 heavy (non-hydrogen) atoms. The summed E-state index contributed by atoms with van der Waals surface area (Å²) < 4.78 is 16.9. The van der Waals surface area contributed by atoms with Gasteiger partial charge in [0.15, 0.2) is 6.10 Å². The molecule has 0 radical (unpaired) electrons. The van der Waals surface area contributed by atoms with Gasteiger partial charge in [0.1, 0.15) is 5.75 Å². The molecule has 0 fully saturated rings. The van der Waals surface area contributed by atoms with Crippen LogP contribution >= 0.6 is 11.6 Å². The molecule has 0 aliphatic carbocycles. The molecule has 0 saturated carbocycles. The first-order valence-electron chi connectivity index (χ1n) is 11.1. The molecular formula is C28H25ClO5. The summed E-state index contributed by atoms with van der Waals surface area (Å²) >= 11 is 6.01. The number of hydrogen-bond acceptors (Lipinski definition) is 5. The fourth-order valence-electron chi connectivity index (χ4n) is 3.97. The van der Waals surface area contributed by atoms with Gasteiger partial charge in [-0.3, -0.25) is 0 Å². The average molecular weight is 477 g/mol. The monoisotopic (exact) mass is 476 g/mol. The van der Waals surface area contributed by atoms with Crippen LogP contribution in [0.5, 0.6) is 5.75 Å². The molecule has 0 amide bonds. The Hall–Kier alpha value is -3.57. The number of aryl methyl sites for hydroxylation is 1. The Balaban J connectivity index is 1.74. The van der Waals surface area contributed by atoms with Crippen LogP contribution in [0.3, 0.4) is 0 Å². The van der Waals surface area contributed by atoms with E-state index in [2.05, 4.69) is 0 Å². The van der Waals surface area contributed by atoms with Crippen LogP contribution in [-0.4, -0.2) is 24.6 Å². The van der Waals surface area contributed by atoms with E-state index < -0.39 is 24.1 Å². The van der Waals surface area contributed by atoms with Gasteiger partial charge >= 0.3 is 11.9 Å². The van der Waals surface area contributed by atoms with Gasteiger partial charge in [-0.15, -0.1) is 0 Å². The van der Waals surface area contributed by atoms with Crippen molar-refractivity contribution in [3.63, 3.8) is 0 Å². The van der Waals surface area contributed by atoms with Gasteiger partial charge in [-0.2, -0.15) is 0 Å². The molecular weight excluding hydrogens is 452 g/mol. The predicted octanol–water partition coefficient (Wildman–Crippen LogP) is 6.57. The summed E-state index contributed by atoms with van der Waals surface area (Å²) in [7, 11) is 0. The summed E-state index contributed by atoms with van der Waals surface area (Å²) in [4.78, 5) is 26.2. The number of carbonyl (C=O) groups excluding carboxylic acids is 2. The SMILES string of the molecule is CCOC(=O)[C@H](OC(=O)[C@@H](C)Oc1ccc(Cl)cc1C)c1c2ccccc2cc2ccccc12. The third-order valence-electron chi connectivity index (χ3n) is 5.58. The van der Waals surface area contributed by atoms with Gasteiger partial charge in [0, 0.05) is 10.6 Å². The van der Waals surface area contributed by atoms with Gasteiger partial charge in [-0.1, -0.05) is 60.1 Å². The zero-order valence-electron chi connectivity index (χ0n) is 19.2. The zero-order chi connectivity index (χ0) is 24.2. The summed E-state index contributed by atoms with van der Waals surface area (Å²) in [6.07, 6.45) is -2.21. The van der Waals surface area contributed by atoms with Crippen molar-refractivity contribution in [2.45, 2.75) is 33.0 Å². The first-order chi connectivity index (χ1) is 16.4. The van der Waals surface area contributed by atoms with Crippen LogP contribution in [0.4, 0.5) is 0 Å². The first kappa shape index (κ1) is 23.6. The van der Waals surface area contributed by atoms with Gasteiger partial charge in [0.05, 0.1) is 6.61 Å². The van der Waals surface area contributed by atoms with Crippen molar-refractivity contribution in [1.29, 1.82) is 0 Å². The van der Waals surface area contributed by atoms with Crippen molar-refractivity contribution in [2.75, 3.05) is 6.61 Å². The molecule has 174 valence electrons. The van der Waals surface area contributed by atoms with Crippen LogP contribution < -0.4 is 4.74 Å². The van der Waals surface area contributed by atoms with E-state index in [1.165, 1.54) is 0 Å². The summed E-state index contributed by atoms with van der Waals surface area (Å²) in [5.41, 5.74) is 1.38. The van der Waals surface area contributed by atoms with Gasteiger partial charge < -0.3 is 14.2 Å². The van der Waals surface area contributed by atoms with Gasteiger partial charge in [-0.25, -0.2) is 9.59 Å². The number of benzene rings is 4. The molecule has 0 aliphatic heterocycles. The van der Waals surface area contributed by atoms with Crippen LogP contribution in [0.2, 0.25) is 5.02 Å². The predicted molar refractivity (Wildman–Crippen MR) is 133 cm³/mol. The lowest BCUT2D eigenvalue weighted by molar-refractivity contribution is -0.172. The van der Waals surface area contributed by atoms with Crippen molar-refractivity contribution < 1.29 is 23.8 Å². The number of fused-ring (bicyclic) bond motifs is 2. The van der Waals surface area contributed by atoms with Gasteiger partial charge in [-0.05, 0) is 72.1 Å². The van der Waals surface area contributed by atoms with E-state index in [9.17, 15) is 9.59 Å². The first-order valence-corrected chi connectivity index (χ1v) is 11.5. The van der Waals surface area contributed by atoms with E-state index in [0.29, 0.717) is 16.3 Å². The molecule has 0 unspecified atom stereocenters. The van der Waals surface area contributed by atoms with Crippen LogP contribution in [0.15, 0.2) is 72.8 Å². The smallest absolute Gasteiger partial charge is 0.352 e. The number of carbonyl (C=O) groups is 2. The summed E-state index contributed by atoms with van der Waals surface area (Å²) in [6.45, 7) is 5.29. The summed E-state index contributed by atoms with van der Waals surface area (Å²) in [5.74, 6) is -0.797. The number of hydrogen-bond donors (Lipinski definition) is 0. The lowest BCUT2D eigenvalue weighted by Gasteiger charge is -2.23. The van der Waals surface area contributed by atoms with Crippen molar-refractivity contribution in [2.24, 2.45) is 0 Å². The average Bonchev–Trinajstić information content (AvgIpc) is 2.83. The number of halogens is 1. The maximum absolute atomic E-state index is 13.1. The van der Waals surface area contributed by atoms with E-state index in [4.69, 9.17) is 25.8 Å². The molecule has 0 heterocycles. The highest BCUT2D eigenvalue weighted by molar-refractivity contribution is 6.30. The maximum atomic E-state index is 13.1. The quantitative estimate of drug-likeness (QED) is 0.223. The Bertz CT molecular complexity index is 1310. The highest BCUT2D eigenvalue weighted by atomic mass is 35.5. The normalized spacial score (nSPS) is 12.8. The second-order valence-corrected chi connectivity index (χ2v) is 8.41. The molecule has 0 bridgehead atoms. The third-order valence-corrected chi connectivity index (χ3v) is 5.82. The van der Waals surface area contributed by atoms with Crippen LogP contribution in [0, 0.1) is 6.92 Å². The standard InChI is InChI=1S/C28H25ClO5/c1-4-32-28(31)26(34-27(30)18(3)33-24-14-13-21(29)15-17(24)2)25-22-11-7-5-9-19(22)16-20-10-6-8-12-23(20)25/h5-16,18,26H,4H2,1-3H3/t18-,26-/m1/s1. The molecule has 6 heteroatoms. The molecule has 0 aliphatic rings. The van der Waals surface area contributed by atoms with Crippen molar-refractivity contribution in [3.8, 4) is 5.75 Å². The topological polar surface area (TPSA) is 61.8 Å². The number of rotatable bonds is 7. The Morgan fingerprint density at radius 3 is 2.09 bits per heavy atom. The van der Waals surface area contributed by atoms with Gasteiger partial charge in [0.2, 0.25) is 6.10 Å². The van der Waals surface area contributed by atoms with E-state index in [-0.39, 0.29) is 6.61 Å². The molecule has 5 nitrogen and oxygen atoms in total. The molecule has 2 atom stereocenters. The van der Waals surface area contributed by atoms with E-state index in [1.807, 2.05) is 61.5 Å². The molecule has 0 saturated heterocycles. The number of ether oxygens (including phenoxy) is 3. The molecule has 0 aromatic heterocycles. The molecule has 4 rings (SSSR count). The van der Waals surface area contributed by atoms with E-state index in [1.54, 1.807) is 32.0 Å². The lowest BCUT2D eigenvalue weighted by Crippen LogP contribution is -2.31. The Morgan fingerprint density at radius 2 is 1.50 bits per heavy atom. The fraction of sp³-hybridized carbons (Fsp3) is 0.214. The Labute approximate surface area is 203 Å². The molecule has 0 N–H and O–H groups in total. The fourth-order valence-corrected chi connectivity index (χ4v) is 4.20. The minimum Gasteiger partial charge on any atom is -0.479 e. The highest BCUT2D eigenvalue weighted by Gasteiger charge is 2.32. The van der Waals surface area contributed by atoms with Crippen molar-refractivity contribution >= 4 is 45.1 Å². The summed E-state index contributed by atoms with van der Waals surface area (Å²) in [6, 6.07) is 22.6. The minimum atomic E-state index is -1.25.